The molecule has 0 aliphatic heterocycles. The predicted octanol–water partition coefficient (Wildman–Crippen LogP) is 4.10. The van der Waals surface area contributed by atoms with E-state index >= 15 is 0 Å². The molecule has 1 atom stereocenters. The van der Waals surface area contributed by atoms with Gasteiger partial charge < -0.3 is 20.4 Å². The maximum absolute atomic E-state index is 12.7. The molecule has 2 aromatic carbocycles. The van der Waals surface area contributed by atoms with Crippen LogP contribution in [0.25, 0.3) is 21.3 Å². The number of fused-ring (bicyclic) bond motifs is 1. The van der Waals surface area contributed by atoms with Crippen molar-refractivity contribution in [3.63, 3.8) is 0 Å². The van der Waals surface area contributed by atoms with Crippen molar-refractivity contribution >= 4 is 39.6 Å². The number of aromatic nitrogens is 1. The summed E-state index contributed by atoms with van der Waals surface area (Å²) in [6.45, 7) is 4.16. The van der Waals surface area contributed by atoms with Gasteiger partial charge in [-0.15, -0.1) is 0 Å². The topological polar surface area (TPSA) is 120 Å². The lowest BCUT2D eigenvalue weighted by Crippen LogP contribution is -2.50. The number of rotatable bonds is 10. The number of aliphatic carboxylic acids is 2. The van der Waals surface area contributed by atoms with Gasteiger partial charge in [-0.3, -0.25) is 4.79 Å². The molecule has 174 valence electrons. The van der Waals surface area contributed by atoms with Crippen LogP contribution in [0.2, 0.25) is 0 Å². The van der Waals surface area contributed by atoms with Gasteiger partial charge in [0.1, 0.15) is 6.04 Å². The van der Waals surface area contributed by atoms with Crippen molar-refractivity contribution < 1.29 is 24.6 Å². The maximum atomic E-state index is 12.7. The molecule has 2 amide bonds. The van der Waals surface area contributed by atoms with Crippen LogP contribution in [0, 0.1) is 5.92 Å². The van der Waals surface area contributed by atoms with E-state index in [-0.39, 0.29) is 25.3 Å². The third-order valence-corrected chi connectivity index (χ3v) is 5.94. The van der Waals surface area contributed by atoms with Gasteiger partial charge in [0, 0.05) is 30.5 Å². The van der Waals surface area contributed by atoms with Crippen LogP contribution in [0.4, 0.5) is 4.79 Å². The highest BCUT2D eigenvalue weighted by Crippen LogP contribution is 2.30. The molecule has 33 heavy (non-hydrogen) atoms. The molecule has 8 nitrogen and oxygen atoms in total. The van der Waals surface area contributed by atoms with Gasteiger partial charge in [-0.05, 0) is 29.1 Å². The van der Waals surface area contributed by atoms with E-state index in [1.165, 1.54) is 16.4 Å². The number of carbonyl (C=O) groups excluding carboxylic acids is 1. The third kappa shape index (κ3) is 6.52. The number of amides is 2. The Kier molecular flexibility index (Phi) is 8.00. The van der Waals surface area contributed by atoms with Crippen LogP contribution in [-0.4, -0.2) is 56.6 Å². The number of nitrogens with one attached hydrogen (secondary N) is 1. The van der Waals surface area contributed by atoms with E-state index < -0.39 is 24.0 Å². The normalized spacial score (nSPS) is 12.0. The Morgan fingerprint density at radius 2 is 1.76 bits per heavy atom. The lowest BCUT2D eigenvalue weighted by atomic mass is 10.0. The van der Waals surface area contributed by atoms with Gasteiger partial charge in [0.25, 0.3) is 0 Å². The Bertz CT molecular complexity index is 1130. The number of nitrogens with zero attached hydrogens (tertiary/aromatic N) is 2. The first-order valence-corrected chi connectivity index (χ1v) is 11.5. The van der Waals surface area contributed by atoms with Crippen molar-refractivity contribution in [1.29, 1.82) is 0 Å². The van der Waals surface area contributed by atoms with Crippen molar-refractivity contribution in [2.24, 2.45) is 5.92 Å². The van der Waals surface area contributed by atoms with Crippen LogP contribution in [0.1, 0.15) is 25.8 Å². The second-order valence-electron chi connectivity index (χ2n) is 8.25. The first-order valence-electron chi connectivity index (χ1n) is 10.7. The summed E-state index contributed by atoms with van der Waals surface area (Å²) in [6.07, 6.45) is -0.0990. The zero-order chi connectivity index (χ0) is 24.0. The van der Waals surface area contributed by atoms with E-state index in [4.69, 9.17) is 5.11 Å². The summed E-state index contributed by atoms with van der Waals surface area (Å²) in [5, 5.41) is 22.2. The minimum atomic E-state index is -1.15. The van der Waals surface area contributed by atoms with Crippen LogP contribution >= 0.6 is 11.5 Å². The molecule has 0 aliphatic rings. The van der Waals surface area contributed by atoms with Gasteiger partial charge in [0.2, 0.25) is 0 Å². The van der Waals surface area contributed by atoms with Crippen LogP contribution in [0.3, 0.4) is 0 Å². The molecule has 0 radical (unpaired) electrons. The molecule has 9 heteroatoms. The van der Waals surface area contributed by atoms with Crippen LogP contribution in [0.15, 0.2) is 48.5 Å². The van der Waals surface area contributed by atoms with Crippen LogP contribution in [-0.2, 0) is 16.0 Å². The lowest BCUT2D eigenvalue weighted by Gasteiger charge is -2.26. The van der Waals surface area contributed by atoms with E-state index in [1.807, 2.05) is 62.4 Å². The number of hydrogen-bond donors (Lipinski definition) is 3. The minimum absolute atomic E-state index is 0.0159. The van der Waals surface area contributed by atoms with Gasteiger partial charge in [-0.25, -0.2) is 9.59 Å². The summed E-state index contributed by atoms with van der Waals surface area (Å²) in [7, 11) is 0. The summed E-state index contributed by atoms with van der Waals surface area (Å²) in [5.74, 6) is -2.05. The number of urea groups is 1. The Labute approximate surface area is 196 Å². The second kappa shape index (κ2) is 10.9. The Morgan fingerprint density at radius 1 is 1.06 bits per heavy atom. The van der Waals surface area contributed by atoms with Crippen molar-refractivity contribution in [2.75, 3.05) is 13.1 Å². The van der Waals surface area contributed by atoms with E-state index in [0.717, 1.165) is 26.9 Å². The van der Waals surface area contributed by atoms with Crippen molar-refractivity contribution in [1.82, 2.24) is 14.6 Å². The molecular weight excluding hydrogens is 442 g/mol. The molecule has 3 N–H and O–H groups in total. The fourth-order valence-electron chi connectivity index (χ4n) is 3.52. The lowest BCUT2D eigenvalue weighted by molar-refractivity contribution is -0.139. The quantitative estimate of drug-likeness (QED) is 0.411. The first kappa shape index (κ1) is 24.2. The summed E-state index contributed by atoms with van der Waals surface area (Å²) in [6, 6.07) is 13.7. The van der Waals surface area contributed by atoms with E-state index in [0.29, 0.717) is 6.54 Å². The zero-order valence-corrected chi connectivity index (χ0v) is 19.3. The molecule has 1 heterocycles. The molecule has 0 saturated heterocycles. The third-order valence-electron chi connectivity index (χ3n) is 5.11. The standard InChI is InChI=1S/C24H27N3O5S/c1-15(2)14-27(12-11-21(28)29)24(32)25-19(23(30)31)13-16-7-9-17(10-8-16)22-18-5-3-4-6-20(18)33-26-22/h3-10,15,19H,11-14H2,1-2H3,(H,25,32)(H,28,29)(H,30,31)/t19-/m0/s1. The fraction of sp³-hybridized carbons (Fsp3) is 0.333. The van der Waals surface area contributed by atoms with E-state index in [1.54, 1.807) is 0 Å². The molecule has 3 rings (SSSR count). The zero-order valence-electron chi connectivity index (χ0n) is 18.5. The Hall–Kier alpha value is -3.46. The largest absolute Gasteiger partial charge is 0.481 e. The minimum Gasteiger partial charge on any atom is -0.481 e. The summed E-state index contributed by atoms with van der Waals surface area (Å²) in [4.78, 5) is 36.8. The second-order valence-corrected chi connectivity index (χ2v) is 9.06. The molecule has 0 fully saturated rings. The molecule has 0 spiro atoms. The van der Waals surface area contributed by atoms with Gasteiger partial charge in [-0.2, -0.15) is 4.37 Å². The highest BCUT2D eigenvalue weighted by atomic mass is 32.1. The maximum Gasteiger partial charge on any atom is 0.326 e. The van der Waals surface area contributed by atoms with Crippen molar-refractivity contribution in [2.45, 2.75) is 32.7 Å². The first-order chi connectivity index (χ1) is 15.7. The van der Waals surface area contributed by atoms with Gasteiger partial charge >= 0.3 is 18.0 Å². The molecule has 1 aromatic heterocycles. The number of carbonyl (C=O) groups is 3. The van der Waals surface area contributed by atoms with Crippen molar-refractivity contribution in [3.05, 3.63) is 54.1 Å². The molecule has 0 bridgehead atoms. The highest BCUT2D eigenvalue weighted by molar-refractivity contribution is 7.13. The molecule has 0 unspecified atom stereocenters. The fourth-order valence-corrected chi connectivity index (χ4v) is 4.31. The van der Waals surface area contributed by atoms with Gasteiger partial charge in [0.15, 0.2) is 0 Å². The molecule has 0 saturated carbocycles. The predicted molar refractivity (Wildman–Crippen MR) is 127 cm³/mol. The van der Waals surface area contributed by atoms with Gasteiger partial charge in [0.05, 0.1) is 16.8 Å². The van der Waals surface area contributed by atoms with Crippen molar-refractivity contribution in [3.8, 4) is 11.3 Å². The SMILES string of the molecule is CC(C)CN(CCC(=O)O)C(=O)N[C@@H](Cc1ccc(-c2nsc3ccccc23)cc1)C(=O)O. The Balaban J connectivity index is 1.70. The average Bonchev–Trinajstić information content (AvgIpc) is 3.20. The summed E-state index contributed by atoms with van der Waals surface area (Å²) < 4.78 is 5.64. The molecular formula is C24H27N3O5S. The number of hydrogen-bond acceptors (Lipinski definition) is 5. The summed E-state index contributed by atoms with van der Waals surface area (Å²) in [5.41, 5.74) is 2.57. The number of carboxylic acids is 2. The van der Waals surface area contributed by atoms with Crippen LogP contribution in [0.5, 0.6) is 0 Å². The highest BCUT2D eigenvalue weighted by Gasteiger charge is 2.24. The summed E-state index contributed by atoms with van der Waals surface area (Å²) >= 11 is 1.43. The molecule has 3 aromatic rings. The average molecular weight is 470 g/mol. The molecule has 0 aliphatic carbocycles. The monoisotopic (exact) mass is 469 g/mol. The Morgan fingerprint density at radius 3 is 2.39 bits per heavy atom. The number of carboxylic acid groups (broad SMARTS) is 2. The smallest absolute Gasteiger partial charge is 0.326 e. The van der Waals surface area contributed by atoms with Gasteiger partial charge in [-0.1, -0.05) is 56.3 Å². The van der Waals surface area contributed by atoms with Crippen LogP contribution < -0.4 is 5.32 Å². The number of benzene rings is 2. The van der Waals surface area contributed by atoms with E-state index in [9.17, 15) is 19.5 Å². The van der Waals surface area contributed by atoms with E-state index in [2.05, 4.69) is 9.69 Å².